The second-order valence-corrected chi connectivity index (χ2v) is 12.8. The highest BCUT2D eigenvalue weighted by molar-refractivity contribution is 7.35. The third kappa shape index (κ3) is 6.02. The van der Waals surface area contributed by atoms with Gasteiger partial charge in [-0.3, -0.25) is 4.99 Å². The number of rotatable bonds is 4. The molecule has 0 heterocycles. The van der Waals surface area contributed by atoms with Gasteiger partial charge in [0.15, 0.2) is 5.75 Å². The first-order valence-electron chi connectivity index (χ1n) is 11.8. The topological polar surface area (TPSA) is 41.8 Å². The van der Waals surface area contributed by atoms with Gasteiger partial charge in [-0.2, -0.15) is 0 Å². The van der Waals surface area contributed by atoms with E-state index in [0.717, 1.165) is 27.5 Å². The Labute approximate surface area is 219 Å². The molecule has 0 bridgehead atoms. The molecule has 0 aliphatic heterocycles. The van der Waals surface area contributed by atoms with Gasteiger partial charge in [-0.25, -0.2) is 0 Å². The van der Waals surface area contributed by atoms with E-state index in [9.17, 15) is 5.11 Å². The molecule has 3 aromatic rings. The van der Waals surface area contributed by atoms with Crippen LogP contribution in [0.2, 0.25) is 0 Å². The number of phenolic OH excluding ortho intramolecular Hbond substituents is 1. The molecule has 182 valence electrons. The van der Waals surface area contributed by atoms with Crippen LogP contribution >= 0.6 is 27.7 Å². The van der Waals surface area contributed by atoms with Gasteiger partial charge in [-0.15, -0.1) is 27.7 Å². The Morgan fingerprint density at radius 1 is 0.857 bits per heavy atom. The van der Waals surface area contributed by atoms with E-state index in [1.165, 1.54) is 16.2 Å². The molecular formula is C27H36B2NO2P3. The maximum atomic E-state index is 11.1. The molecule has 0 spiro atoms. The molecule has 0 amide bonds. The van der Waals surface area contributed by atoms with Crippen molar-refractivity contribution in [3.8, 4) is 17.2 Å². The van der Waals surface area contributed by atoms with Crippen molar-refractivity contribution in [2.24, 2.45) is 4.99 Å². The van der Waals surface area contributed by atoms with Gasteiger partial charge in [-0.05, 0) is 39.9 Å². The molecule has 35 heavy (non-hydrogen) atoms. The average molecular weight is 521 g/mol. The molecule has 0 aliphatic rings. The summed E-state index contributed by atoms with van der Waals surface area (Å²) < 4.78 is 6.44. The van der Waals surface area contributed by atoms with Crippen molar-refractivity contribution in [3.05, 3.63) is 53.1 Å². The number of nitrogens with zero attached hydrogens (tertiary/aromatic N) is 1. The fourth-order valence-corrected chi connectivity index (χ4v) is 5.38. The zero-order valence-electron chi connectivity index (χ0n) is 22.1. The van der Waals surface area contributed by atoms with Crippen LogP contribution in [0.5, 0.6) is 17.2 Å². The zero-order valence-corrected chi connectivity index (χ0v) is 25.5. The number of benzene rings is 3. The minimum Gasteiger partial charge on any atom is -0.507 e. The van der Waals surface area contributed by atoms with E-state index < -0.39 is 0 Å². The summed E-state index contributed by atoms with van der Waals surface area (Å²) >= 11 is 0. The molecule has 3 aromatic carbocycles. The maximum Gasteiger partial charge on any atom is 0.153 e. The highest BCUT2D eigenvalue weighted by Gasteiger charge is 2.24. The molecule has 0 fully saturated rings. The maximum absolute atomic E-state index is 11.1. The Hall–Kier alpha value is -1.65. The zero-order chi connectivity index (χ0) is 26.3. The van der Waals surface area contributed by atoms with E-state index in [1.807, 2.05) is 30.3 Å². The summed E-state index contributed by atoms with van der Waals surface area (Å²) in [5.41, 5.74) is 5.56. The Kier molecular flexibility index (Phi) is 8.28. The van der Waals surface area contributed by atoms with E-state index in [4.69, 9.17) is 9.73 Å². The smallest absolute Gasteiger partial charge is 0.153 e. The summed E-state index contributed by atoms with van der Waals surface area (Å²) in [6.45, 7) is 12.9. The van der Waals surface area contributed by atoms with Gasteiger partial charge in [0.1, 0.15) is 32.9 Å². The fourth-order valence-electron chi connectivity index (χ4n) is 3.83. The van der Waals surface area contributed by atoms with Crippen LogP contribution in [0.3, 0.4) is 0 Å². The minimum absolute atomic E-state index is 0.0544. The Bertz CT molecular complexity index is 1280. The number of hydrogen-bond donors (Lipinski definition) is 1. The summed E-state index contributed by atoms with van der Waals surface area (Å²) in [7, 11) is 12.6. The first kappa shape index (κ1) is 27.9. The number of para-hydroxylation sites is 2. The number of hydrogen-bond acceptors (Lipinski definition) is 3. The van der Waals surface area contributed by atoms with Crippen LogP contribution in [-0.4, -0.2) is 27.0 Å². The molecular weight excluding hydrogens is 485 g/mol. The van der Waals surface area contributed by atoms with Gasteiger partial charge in [0, 0.05) is 28.0 Å². The summed E-state index contributed by atoms with van der Waals surface area (Å²) in [5, 5.41) is 14.4. The lowest BCUT2D eigenvalue weighted by Gasteiger charge is -2.27. The third-order valence-corrected chi connectivity index (χ3v) is 8.60. The number of phenols is 1. The molecule has 0 saturated heterocycles. The predicted octanol–water partition coefficient (Wildman–Crippen LogP) is 2.55. The van der Waals surface area contributed by atoms with Crippen molar-refractivity contribution in [2.75, 3.05) is 0 Å². The van der Waals surface area contributed by atoms with Crippen LogP contribution in [0, 0.1) is 0 Å². The van der Waals surface area contributed by atoms with Gasteiger partial charge < -0.3 is 9.84 Å². The standard InChI is InChI=1S/C27H36B2NO2P3/c1-26(2,3)15-11-14(21(31)16(12-15)27(4,5)6)13-30-17-9-7-8-10-18(17)32-22-24(34)19(28)23(33)20(29)25(22)35/h7-13,31H,28-29,33-35H2,1-6H3/b30-13+. The van der Waals surface area contributed by atoms with E-state index in [2.05, 4.69) is 91.0 Å². The first-order valence-corrected chi connectivity index (χ1v) is 13.5. The van der Waals surface area contributed by atoms with Crippen molar-refractivity contribution < 1.29 is 9.84 Å². The molecule has 0 saturated carbocycles. The van der Waals surface area contributed by atoms with Crippen molar-refractivity contribution in [3.63, 3.8) is 0 Å². The van der Waals surface area contributed by atoms with Crippen molar-refractivity contribution in [2.45, 2.75) is 52.4 Å². The summed E-state index contributed by atoms with van der Waals surface area (Å²) in [6.07, 6.45) is 1.74. The number of aromatic hydroxyl groups is 1. The van der Waals surface area contributed by atoms with Crippen LogP contribution in [0.4, 0.5) is 5.69 Å². The second kappa shape index (κ2) is 10.4. The Balaban J connectivity index is 2.09. The van der Waals surface area contributed by atoms with Gasteiger partial charge >= 0.3 is 0 Å². The van der Waals surface area contributed by atoms with Gasteiger partial charge in [0.05, 0.1) is 0 Å². The fraction of sp³-hybridized carbons (Fsp3) is 0.296. The monoisotopic (exact) mass is 521 g/mol. The lowest BCUT2D eigenvalue weighted by atomic mass is 9.79. The van der Waals surface area contributed by atoms with Crippen LogP contribution in [0.25, 0.3) is 0 Å². The lowest BCUT2D eigenvalue weighted by molar-refractivity contribution is 0.444. The minimum atomic E-state index is -0.196. The molecule has 0 aliphatic carbocycles. The van der Waals surface area contributed by atoms with Gasteiger partial charge in [0.25, 0.3) is 0 Å². The molecule has 1 N–H and O–H groups in total. The van der Waals surface area contributed by atoms with E-state index in [1.54, 1.807) is 6.21 Å². The van der Waals surface area contributed by atoms with E-state index >= 15 is 0 Å². The number of ether oxygens (including phenoxy) is 1. The summed E-state index contributed by atoms with van der Waals surface area (Å²) in [4.78, 5) is 4.77. The lowest BCUT2D eigenvalue weighted by Crippen LogP contribution is -2.47. The van der Waals surface area contributed by atoms with Crippen molar-refractivity contribution in [1.82, 2.24) is 0 Å². The summed E-state index contributed by atoms with van der Waals surface area (Å²) in [6, 6.07) is 11.9. The SMILES string of the molecule is Bc1c(P)c(B)c(P)c(Oc2ccccc2/N=C/c2cc(C(C)(C)C)cc(C(C)(C)C)c2O)c1P. The van der Waals surface area contributed by atoms with Crippen molar-refractivity contribution in [1.29, 1.82) is 0 Å². The normalized spacial score (nSPS) is 12.4. The van der Waals surface area contributed by atoms with Crippen LogP contribution in [0.1, 0.15) is 58.2 Å². The van der Waals surface area contributed by atoms with Crippen LogP contribution in [0.15, 0.2) is 41.4 Å². The Morgan fingerprint density at radius 3 is 1.97 bits per heavy atom. The molecule has 3 nitrogen and oxygen atoms in total. The molecule has 8 heteroatoms. The second-order valence-electron chi connectivity index (χ2n) is 11.1. The van der Waals surface area contributed by atoms with Crippen LogP contribution < -0.4 is 31.6 Å². The highest BCUT2D eigenvalue weighted by atomic mass is 31.0. The predicted molar refractivity (Wildman–Crippen MR) is 170 cm³/mol. The molecule has 3 unspecified atom stereocenters. The quantitative estimate of drug-likeness (QED) is 0.326. The van der Waals surface area contributed by atoms with E-state index in [0.29, 0.717) is 17.0 Å². The largest absolute Gasteiger partial charge is 0.507 e. The van der Waals surface area contributed by atoms with Gasteiger partial charge in [0.2, 0.25) is 0 Å². The molecule has 0 radical (unpaired) electrons. The molecule has 3 atom stereocenters. The molecule has 3 rings (SSSR count). The summed E-state index contributed by atoms with van der Waals surface area (Å²) in [5.74, 6) is 1.74. The van der Waals surface area contributed by atoms with Gasteiger partial charge in [-0.1, -0.05) is 70.7 Å². The Morgan fingerprint density at radius 2 is 1.43 bits per heavy atom. The van der Waals surface area contributed by atoms with Crippen molar-refractivity contribution >= 4 is 82.2 Å². The average Bonchev–Trinajstić information content (AvgIpc) is 2.77. The van der Waals surface area contributed by atoms with Crippen LogP contribution in [-0.2, 0) is 10.8 Å². The highest BCUT2D eigenvalue weighted by Crippen LogP contribution is 2.38. The third-order valence-electron chi connectivity index (χ3n) is 6.34. The van der Waals surface area contributed by atoms with E-state index in [-0.39, 0.29) is 16.6 Å². The number of aliphatic imine (C=N–C) groups is 1. The first-order chi connectivity index (χ1) is 16.1. The molecule has 0 aromatic heterocycles.